The minimum absolute atomic E-state index is 0.114. The second-order valence-electron chi connectivity index (χ2n) is 5.86. The third kappa shape index (κ3) is 5.09. The number of aliphatic hydroxyl groups is 1. The average molecular weight is 403 g/mol. The van der Waals surface area contributed by atoms with Crippen molar-refractivity contribution in [1.82, 2.24) is 4.90 Å². The van der Waals surface area contributed by atoms with E-state index in [0.29, 0.717) is 11.6 Å². The molecule has 1 unspecified atom stereocenters. The van der Waals surface area contributed by atoms with E-state index in [1.165, 1.54) is 24.3 Å². The zero-order chi connectivity index (χ0) is 18.6. The Labute approximate surface area is 158 Å². The first-order valence-electron chi connectivity index (χ1n) is 7.57. The normalized spacial score (nSPS) is 13.0. The molecule has 0 amide bonds. The topological polar surface area (TPSA) is 60.9 Å². The van der Waals surface area contributed by atoms with Gasteiger partial charge in [0.2, 0.25) is 0 Å². The van der Waals surface area contributed by atoms with Gasteiger partial charge in [-0.2, -0.15) is 0 Å². The van der Waals surface area contributed by atoms with Crippen molar-refractivity contribution in [3.63, 3.8) is 0 Å². The number of benzene rings is 2. The van der Waals surface area contributed by atoms with Gasteiger partial charge in [-0.1, -0.05) is 41.4 Å². The van der Waals surface area contributed by atoms with Crippen molar-refractivity contribution in [2.45, 2.75) is 11.0 Å². The summed E-state index contributed by atoms with van der Waals surface area (Å²) < 4.78 is 27.3. The Bertz CT molecular complexity index is 814. The van der Waals surface area contributed by atoms with Crippen molar-refractivity contribution in [3.05, 3.63) is 58.6 Å². The van der Waals surface area contributed by atoms with Crippen LogP contribution in [-0.2, 0) is 10.0 Å². The van der Waals surface area contributed by atoms with Gasteiger partial charge >= 0.3 is 0 Å². The van der Waals surface area contributed by atoms with Crippen molar-refractivity contribution in [1.29, 1.82) is 0 Å². The molecule has 2 aromatic carbocycles. The molecule has 25 heavy (non-hydrogen) atoms. The summed E-state index contributed by atoms with van der Waals surface area (Å²) >= 11 is 12.2. The van der Waals surface area contributed by atoms with Gasteiger partial charge in [0, 0.05) is 11.6 Å². The maximum atomic E-state index is 13.1. The van der Waals surface area contributed by atoms with Crippen LogP contribution >= 0.6 is 23.2 Å². The first kappa shape index (κ1) is 20.0. The zero-order valence-corrected chi connectivity index (χ0v) is 16.3. The molecule has 0 aliphatic rings. The molecule has 0 heterocycles. The molecule has 136 valence electrons. The fraction of sp³-hybridized carbons (Fsp3) is 0.294. The second kappa shape index (κ2) is 8.38. The van der Waals surface area contributed by atoms with Crippen LogP contribution in [0.25, 0.3) is 0 Å². The Morgan fingerprint density at radius 1 is 1.04 bits per heavy atom. The lowest BCUT2D eigenvalue weighted by molar-refractivity contribution is 0.145. The van der Waals surface area contributed by atoms with Gasteiger partial charge in [-0.15, -0.1) is 0 Å². The lowest BCUT2D eigenvalue weighted by Crippen LogP contribution is -2.41. The highest BCUT2D eigenvalue weighted by Gasteiger charge is 2.29. The minimum atomic E-state index is -3.91. The maximum absolute atomic E-state index is 13.1. The first-order valence-corrected chi connectivity index (χ1v) is 9.77. The Morgan fingerprint density at radius 3 is 2.28 bits per heavy atom. The summed E-state index contributed by atoms with van der Waals surface area (Å²) in [4.78, 5) is 1.89. The summed E-state index contributed by atoms with van der Waals surface area (Å²) in [6.07, 6.45) is -0.900. The predicted molar refractivity (Wildman–Crippen MR) is 102 cm³/mol. The lowest BCUT2D eigenvalue weighted by Gasteiger charge is -2.28. The molecule has 2 rings (SSSR count). The molecule has 8 heteroatoms. The maximum Gasteiger partial charge on any atom is 0.264 e. The highest BCUT2D eigenvalue weighted by Crippen LogP contribution is 2.33. The van der Waals surface area contributed by atoms with Crippen LogP contribution in [0.15, 0.2) is 53.4 Å². The number of hydrogen-bond acceptors (Lipinski definition) is 4. The molecule has 0 aliphatic heterocycles. The largest absolute Gasteiger partial charge is 0.390 e. The minimum Gasteiger partial charge on any atom is -0.390 e. The van der Waals surface area contributed by atoms with Crippen LogP contribution in [-0.4, -0.2) is 51.7 Å². The van der Waals surface area contributed by atoms with Gasteiger partial charge in [0.05, 0.1) is 28.3 Å². The number of nitrogens with zero attached hydrogens (tertiary/aromatic N) is 2. The molecular weight excluding hydrogens is 383 g/mol. The van der Waals surface area contributed by atoms with Crippen molar-refractivity contribution in [2.75, 3.05) is 31.5 Å². The third-order valence-corrected chi connectivity index (χ3v) is 5.81. The Hall–Kier alpha value is -1.31. The SMILES string of the molecule is CN(C)CC(O)CN(c1cc(Cl)ccc1Cl)S(=O)(=O)c1ccccc1. The molecular formula is C17H20Cl2N2O3S. The van der Waals surface area contributed by atoms with Crippen molar-refractivity contribution in [2.24, 2.45) is 0 Å². The van der Waals surface area contributed by atoms with E-state index in [1.807, 2.05) is 0 Å². The number of sulfonamides is 1. The van der Waals surface area contributed by atoms with E-state index in [-0.39, 0.29) is 22.2 Å². The Balaban J connectivity index is 2.51. The number of likely N-dealkylation sites (N-methyl/N-ethyl adjacent to an activating group) is 1. The number of anilines is 1. The molecule has 0 aromatic heterocycles. The van der Waals surface area contributed by atoms with Crippen LogP contribution in [0.3, 0.4) is 0 Å². The average Bonchev–Trinajstić information content (AvgIpc) is 2.55. The summed E-state index contributed by atoms with van der Waals surface area (Å²) in [5, 5.41) is 10.9. The van der Waals surface area contributed by atoms with Crippen LogP contribution in [0.1, 0.15) is 0 Å². The molecule has 2 aromatic rings. The highest BCUT2D eigenvalue weighted by molar-refractivity contribution is 7.92. The summed E-state index contributed by atoms with van der Waals surface area (Å²) in [5.74, 6) is 0. The van der Waals surface area contributed by atoms with Crippen LogP contribution in [0.4, 0.5) is 5.69 Å². The van der Waals surface area contributed by atoms with E-state index < -0.39 is 16.1 Å². The molecule has 0 radical (unpaired) electrons. The van der Waals surface area contributed by atoms with Gasteiger partial charge in [-0.3, -0.25) is 4.31 Å². The second-order valence-corrected chi connectivity index (χ2v) is 8.57. The number of aliphatic hydroxyl groups excluding tert-OH is 1. The van der Waals surface area contributed by atoms with Gasteiger partial charge < -0.3 is 10.0 Å². The molecule has 0 fully saturated rings. The lowest BCUT2D eigenvalue weighted by atomic mass is 10.3. The van der Waals surface area contributed by atoms with Gasteiger partial charge in [-0.05, 0) is 44.4 Å². The smallest absolute Gasteiger partial charge is 0.264 e. The monoisotopic (exact) mass is 402 g/mol. The van der Waals surface area contributed by atoms with Gasteiger partial charge in [-0.25, -0.2) is 8.42 Å². The van der Waals surface area contributed by atoms with Gasteiger partial charge in [0.25, 0.3) is 10.0 Å². The fourth-order valence-corrected chi connectivity index (χ4v) is 4.36. The van der Waals surface area contributed by atoms with Crippen molar-refractivity contribution < 1.29 is 13.5 Å². The molecule has 0 aliphatic carbocycles. The molecule has 0 spiro atoms. The van der Waals surface area contributed by atoms with E-state index in [0.717, 1.165) is 4.31 Å². The molecule has 0 bridgehead atoms. The standard InChI is InChI=1S/C17H20Cl2N2O3S/c1-20(2)11-14(22)12-21(17-10-13(18)8-9-16(17)19)25(23,24)15-6-4-3-5-7-15/h3-10,14,22H,11-12H2,1-2H3. The number of rotatable bonds is 7. The van der Waals surface area contributed by atoms with E-state index in [4.69, 9.17) is 23.2 Å². The molecule has 5 nitrogen and oxygen atoms in total. The highest BCUT2D eigenvalue weighted by atomic mass is 35.5. The Kier molecular flexibility index (Phi) is 6.71. The van der Waals surface area contributed by atoms with E-state index in [2.05, 4.69) is 0 Å². The third-order valence-electron chi connectivity index (χ3n) is 3.46. The predicted octanol–water partition coefficient (Wildman–Crippen LogP) is 3.11. The van der Waals surface area contributed by atoms with Crippen molar-refractivity contribution >= 4 is 38.9 Å². The molecule has 1 atom stereocenters. The van der Waals surface area contributed by atoms with Crippen LogP contribution in [0, 0.1) is 0 Å². The fourth-order valence-electron chi connectivity index (χ4n) is 2.39. The van der Waals surface area contributed by atoms with Crippen molar-refractivity contribution in [3.8, 4) is 0 Å². The summed E-state index contributed by atoms with van der Waals surface area (Å²) in [6.45, 7) is 0.161. The number of halogens is 2. The Morgan fingerprint density at radius 2 is 1.68 bits per heavy atom. The molecule has 1 N–H and O–H groups in total. The van der Waals surface area contributed by atoms with Crippen LogP contribution in [0.5, 0.6) is 0 Å². The molecule has 0 saturated heterocycles. The molecule has 0 saturated carbocycles. The first-order chi connectivity index (χ1) is 11.7. The van der Waals surface area contributed by atoms with E-state index in [9.17, 15) is 13.5 Å². The van der Waals surface area contributed by atoms with E-state index in [1.54, 1.807) is 43.3 Å². The van der Waals surface area contributed by atoms with Gasteiger partial charge in [0.15, 0.2) is 0 Å². The van der Waals surface area contributed by atoms with Crippen LogP contribution < -0.4 is 4.31 Å². The summed E-state index contributed by atoms with van der Waals surface area (Å²) in [5.41, 5.74) is 0.232. The number of hydrogen-bond donors (Lipinski definition) is 1. The van der Waals surface area contributed by atoms with Gasteiger partial charge in [0.1, 0.15) is 0 Å². The zero-order valence-electron chi connectivity index (χ0n) is 13.9. The summed E-state index contributed by atoms with van der Waals surface area (Å²) in [6, 6.07) is 12.6. The van der Waals surface area contributed by atoms with E-state index >= 15 is 0 Å². The summed E-state index contributed by atoms with van der Waals surface area (Å²) in [7, 11) is -0.318. The van der Waals surface area contributed by atoms with Crippen LogP contribution in [0.2, 0.25) is 10.0 Å². The quantitative estimate of drug-likeness (QED) is 0.772.